The summed E-state index contributed by atoms with van der Waals surface area (Å²) in [4.78, 5) is 7.76. The van der Waals surface area contributed by atoms with Crippen LogP contribution < -0.4 is 4.74 Å². The molecule has 1 N–H and O–H groups in total. The number of benzene rings is 2. The van der Waals surface area contributed by atoms with Crippen molar-refractivity contribution in [1.82, 2.24) is 9.97 Å². The largest absolute Gasteiger partial charge is 0.495 e. The summed E-state index contributed by atoms with van der Waals surface area (Å²) in [6, 6.07) is 12.3. The van der Waals surface area contributed by atoms with Crippen molar-refractivity contribution in [3.8, 4) is 11.8 Å². The van der Waals surface area contributed by atoms with Crippen LogP contribution in [-0.2, 0) is 0 Å². The van der Waals surface area contributed by atoms with Crippen LogP contribution in [-0.4, -0.2) is 17.1 Å². The van der Waals surface area contributed by atoms with Gasteiger partial charge in [-0.25, -0.2) is 4.98 Å². The highest BCUT2D eigenvalue weighted by atomic mass is 127. The second-order valence-electron chi connectivity index (χ2n) is 5.29. The molecule has 0 spiro atoms. The number of nitrogens with one attached hydrogen (secondary N) is 1. The van der Waals surface area contributed by atoms with Crippen molar-refractivity contribution in [2.45, 2.75) is 6.92 Å². The smallest absolute Gasteiger partial charge is 0.149 e. The summed E-state index contributed by atoms with van der Waals surface area (Å²) in [5.41, 5.74) is 4.26. The molecule has 1 heterocycles. The number of methoxy groups -OCH3 is 1. The number of aromatic amines is 1. The molecule has 1 aromatic heterocycles. The van der Waals surface area contributed by atoms with Crippen molar-refractivity contribution in [3.63, 3.8) is 0 Å². The van der Waals surface area contributed by atoms with E-state index in [1.807, 2.05) is 43.3 Å². The van der Waals surface area contributed by atoms with Gasteiger partial charge in [0.25, 0.3) is 0 Å². The lowest BCUT2D eigenvalue weighted by atomic mass is 10.1. The average Bonchev–Trinajstić information content (AvgIpc) is 2.94. The normalized spacial score (nSPS) is 11.5. The minimum Gasteiger partial charge on any atom is -0.495 e. The summed E-state index contributed by atoms with van der Waals surface area (Å²) in [6.07, 6.45) is 1.81. The number of nitriles is 1. The van der Waals surface area contributed by atoms with E-state index in [1.165, 1.54) is 0 Å². The van der Waals surface area contributed by atoms with Crippen molar-refractivity contribution in [3.05, 3.63) is 54.4 Å². The van der Waals surface area contributed by atoms with Crippen molar-refractivity contribution in [2.75, 3.05) is 7.11 Å². The van der Waals surface area contributed by atoms with E-state index in [0.29, 0.717) is 11.4 Å². The lowest BCUT2D eigenvalue weighted by Crippen LogP contribution is -1.93. The lowest BCUT2D eigenvalue weighted by Gasteiger charge is -2.08. The quantitative estimate of drug-likeness (QED) is 0.369. The van der Waals surface area contributed by atoms with E-state index >= 15 is 0 Å². The third-order valence-corrected chi connectivity index (χ3v) is 4.98. The number of ether oxygens (including phenoxy) is 1. The van der Waals surface area contributed by atoms with Gasteiger partial charge in [-0.15, -0.1) is 0 Å². The van der Waals surface area contributed by atoms with Gasteiger partial charge >= 0.3 is 0 Å². The van der Waals surface area contributed by atoms with Gasteiger partial charge in [0.1, 0.15) is 17.6 Å². The highest BCUT2D eigenvalue weighted by Crippen LogP contribution is 2.31. The standard InChI is InChI=1S/C18H13I2N3O/c1-10-3-4-15-16(5-10)23-18(22-15)12(9-21)6-11-7-13(19)8-14(20)17(11)24-2/h3-8H,1-2H3,(H,22,23). The fourth-order valence-electron chi connectivity index (χ4n) is 2.46. The van der Waals surface area contributed by atoms with Crippen molar-refractivity contribution in [1.29, 1.82) is 5.26 Å². The minimum atomic E-state index is 0.472. The zero-order valence-electron chi connectivity index (χ0n) is 13.0. The van der Waals surface area contributed by atoms with Crippen LogP contribution in [0.4, 0.5) is 0 Å². The molecule has 0 atom stereocenters. The Labute approximate surface area is 167 Å². The monoisotopic (exact) mass is 541 g/mol. The van der Waals surface area contributed by atoms with E-state index in [2.05, 4.69) is 61.2 Å². The second kappa shape index (κ2) is 7.11. The molecule has 0 aliphatic heterocycles. The second-order valence-corrected chi connectivity index (χ2v) is 7.69. The molecule has 0 fully saturated rings. The molecule has 0 radical (unpaired) electrons. The van der Waals surface area contributed by atoms with Crippen LogP contribution in [0.5, 0.6) is 5.75 Å². The molecule has 0 unspecified atom stereocenters. The number of allylic oxidation sites excluding steroid dienone is 1. The summed E-state index contributed by atoms with van der Waals surface area (Å²) in [5.74, 6) is 1.32. The van der Waals surface area contributed by atoms with E-state index in [4.69, 9.17) is 4.74 Å². The van der Waals surface area contributed by atoms with Crippen LogP contribution in [0.15, 0.2) is 30.3 Å². The van der Waals surface area contributed by atoms with E-state index in [9.17, 15) is 5.26 Å². The van der Waals surface area contributed by atoms with Gasteiger partial charge in [0.15, 0.2) is 0 Å². The Hall–Kier alpha value is -1.60. The summed E-state index contributed by atoms with van der Waals surface area (Å²) in [5, 5.41) is 9.60. The van der Waals surface area contributed by atoms with Crippen LogP contribution in [0.25, 0.3) is 22.7 Å². The summed E-state index contributed by atoms with van der Waals surface area (Å²) in [7, 11) is 1.64. The molecule has 0 amide bonds. The average molecular weight is 541 g/mol. The Balaban J connectivity index is 2.14. The molecule has 0 saturated heterocycles. The number of halogens is 2. The van der Waals surface area contributed by atoms with E-state index in [1.54, 1.807) is 7.11 Å². The van der Waals surface area contributed by atoms with Crippen LogP contribution in [0.3, 0.4) is 0 Å². The summed E-state index contributed by atoms with van der Waals surface area (Å²) >= 11 is 4.49. The molecule has 0 aliphatic carbocycles. The van der Waals surface area contributed by atoms with Crippen molar-refractivity contribution >= 4 is 67.9 Å². The number of hydrogen-bond acceptors (Lipinski definition) is 3. The van der Waals surface area contributed by atoms with Gasteiger partial charge in [-0.2, -0.15) is 5.26 Å². The predicted octanol–water partition coefficient (Wildman–Crippen LogP) is 5.15. The molecule has 24 heavy (non-hydrogen) atoms. The van der Waals surface area contributed by atoms with E-state index < -0.39 is 0 Å². The number of nitrogens with zero attached hydrogens (tertiary/aromatic N) is 2. The maximum atomic E-state index is 9.60. The number of aromatic nitrogens is 2. The molecule has 3 rings (SSSR count). The van der Waals surface area contributed by atoms with Crippen molar-refractivity contribution < 1.29 is 4.74 Å². The Morgan fingerprint density at radius 3 is 2.79 bits per heavy atom. The predicted molar refractivity (Wildman–Crippen MR) is 113 cm³/mol. The first kappa shape index (κ1) is 17.2. The van der Waals surface area contributed by atoms with Gasteiger partial charge in [0.2, 0.25) is 0 Å². The highest BCUT2D eigenvalue weighted by Gasteiger charge is 2.12. The molecule has 6 heteroatoms. The number of hydrogen-bond donors (Lipinski definition) is 1. The third-order valence-electron chi connectivity index (χ3n) is 3.55. The third kappa shape index (κ3) is 3.42. The van der Waals surface area contributed by atoms with Gasteiger partial charge in [0, 0.05) is 9.13 Å². The molecule has 120 valence electrons. The molecule has 4 nitrogen and oxygen atoms in total. The lowest BCUT2D eigenvalue weighted by molar-refractivity contribution is 0.411. The zero-order chi connectivity index (χ0) is 17.3. The van der Waals surface area contributed by atoms with Crippen LogP contribution in [0.2, 0.25) is 0 Å². The minimum absolute atomic E-state index is 0.472. The number of aryl methyl sites for hydroxylation is 1. The van der Waals surface area contributed by atoms with Gasteiger partial charge in [0.05, 0.1) is 27.3 Å². The maximum Gasteiger partial charge on any atom is 0.149 e. The SMILES string of the molecule is COc1c(I)cc(I)cc1C=C(C#N)c1nc2ccc(C)cc2[nH]1. The Morgan fingerprint density at radius 2 is 2.08 bits per heavy atom. The Morgan fingerprint density at radius 1 is 1.29 bits per heavy atom. The number of H-pyrrole nitrogens is 1. The molecule has 2 aromatic carbocycles. The fraction of sp³-hybridized carbons (Fsp3) is 0.111. The zero-order valence-corrected chi connectivity index (χ0v) is 17.3. The van der Waals surface area contributed by atoms with Gasteiger partial charge in [-0.1, -0.05) is 6.07 Å². The first-order valence-electron chi connectivity index (χ1n) is 7.13. The van der Waals surface area contributed by atoms with Crippen molar-refractivity contribution in [2.24, 2.45) is 0 Å². The number of fused-ring (bicyclic) bond motifs is 1. The van der Waals surface area contributed by atoms with Gasteiger partial charge in [-0.05, 0) is 88.0 Å². The molecule has 3 aromatic rings. The van der Waals surface area contributed by atoms with Gasteiger partial charge < -0.3 is 9.72 Å². The van der Waals surface area contributed by atoms with Crippen LogP contribution in [0, 0.1) is 25.4 Å². The molecule has 0 aliphatic rings. The molecular formula is C18H13I2N3O. The van der Waals surface area contributed by atoms with Crippen LogP contribution in [0.1, 0.15) is 17.0 Å². The first-order chi connectivity index (χ1) is 11.5. The topological polar surface area (TPSA) is 61.7 Å². The van der Waals surface area contributed by atoms with E-state index in [-0.39, 0.29) is 0 Å². The van der Waals surface area contributed by atoms with Gasteiger partial charge in [-0.3, -0.25) is 0 Å². The molecular weight excluding hydrogens is 528 g/mol. The first-order valence-corrected chi connectivity index (χ1v) is 9.29. The van der Waals surface area contributed by atoms with E-state index in [0.717, 1.165) is 35.1 Å². The summed E-state index contributed by atoms with van der Waals surface area (Å²) < 4.78 is 7.58. The Kier molecular flexibility index (Phi) is 5.10. The Bertz CT molecular complexity index is 999. The summed E-state index contributed by atoms with van der Waals surface area (Å²) in [6.45, 7) is 2.03. The highest BCUT2D eigenvalue weighted by molar-refractivity contribution is 14.1. The number of imidazole rings is 1. The molecule has 0 saturated carbocycles. The van der Waals surface area contributed by atoms with Crippen LogP contribution >= 0.6 is 45.2 Å². The fourth-order valence-corrected chi connectivity index (χ4v) is 4.57. The number of rotatable bonds is 3. The maximum absolute atomic E-state index is 9.60. The molecule has 0 bridgehead atoms.